The summed E-state index contributed by atoms with van der Waals surface area (Å²) in [6.07, 6.45) is -0.388. The van der Waals surface area contributed by atoms with Crippen LogP contribution >= 0.6 is 0 Å². The zero-order valence-corrected chi connectivity index (χ0v) is 9.58. The van der Waals surface area contributed by atoms with Gasteiger partial charge in [0, 0.05) is 6.42 Å². The normalized spacial score (nSPS) is 11.2. The first-order valence-corrected chi connectivity index (χ1v) is 3.50. The van der Waals surface area contributed by atoms with Crippen LogP contribution in [-0.2, 0) is 14.3 Å². The maximum atomic E-state index is 10.6. The van der Waals surface area contributed by atoms with E-state index in [2.05, 4.69) is 4.74 Å². The predicted octanol–water partition coefficient (Wildman–Crippen LogP) is 0.0813. The summed E-state index contributed by atoms with van der Waals surface area (Å²) in [4.78, 5) is 21.1. The van der Waals surface area contributed by atoms with Crippen LogP contribution in [0.1, 0.15) is 29.5 Å². The van der Waals surface area contributed by atoms with Crippen molar-refractivity contribution in [3.8, 4) is 0 Å². The zero-order chi connectivity index (χ0) is 8.85. The first kappa shape index (κ1) is 14.9. The number of hydrogen-bond donors (Lipinski definition) is 1. The number of ether oxygens (including phenoxy) is 1. The Balaban J connectivity index is -0.000000167. The molecule has 68 valence electrons. The Kier molecular flexibility index (Phi) is 9.88. The molecule has 0 heterocycles. The second-order valence-corrected chi connectivity index (χ2v) is 2.22. The summed E-state index contributed by atoms with van der Waals surface area (Å²) in [6.45, 7) is 3.05. The van der Waals surface area contributed by atoms with Gasteiger partial charge >= 0.3 is 49.7 Å². The molecule has 0 aliphatic rings. The van der Waals surface area contributed by atoms with Crippen LogP contribution in [0, 0.1) is 0 Å². The molecule has 0 spiro atoms. The molecule has 1 N–H and O–H groups in total. The van der Waals surface area contributed by atoms with Gasteiger partial charge in [-0.2, -0.15) is 0 Å². The van der Waals surface area contributed by atoms with E-state index in [-0.39, 0.29) is 47.0 Å². The monoisotopic (exact) mass is 202 g/mol. The van der Waals surface area contributed by atoms with E-state index in [9.17, 15) is 9.59 Å². The van der Waals surface area contributed by atoms with Crippen molar-refractivity contribution in [1.82, 2.24) is 0 Å². The van der Waals surface area contributed by atoms with Gasteiger partial charge in [-0.3, -0.25) is 4.79 Å². The van der Waals surface area contributed by atoms with Crippen LogP contribution in [0.5, 0.6) is 0 Å². The molecule has 0 aliphatic carbocycles. The molecule has 0 saturated carbocycles. The second kappa shape index (κ2) is 7.98. The first-order chi connectivity index (χ1) is 5.07. The Labute approximate surface area is 104 Å². The van der Waals surface area contributed by atoms with E-state index in [1.807, 2.05) is 0 Å². The molecule has 0 radical (unpaired) electrons. The molecular weight excluding hydrogens is 188 g/mol. The van der Waals surface area contributed by atoms with Gasteiger partial charge in [-0.05, 0) is 13.3 Å². The van der Waals surface area contributed by atoms with E-state index in [0.717, 1.165) is 0 Å². The SMILES string of the molecule is CCCC(=O)OC(=O)C(C)O.[Ca+2].[H-].[H-]. The molecule has 0 saturated heterocycles. The fourth-order valence-corrected chi connectivity index (χ4v) is 0.453. The molecular formula is C7H14CaO4. The number of aliphatic hydroxyl groups is 1. The smallest absolute Gasteiger partial charge is 1.00 e. The summed E-state index contributed by atoms with van der Waals surface area (Å²) >= 11 is 0. The van der Waals surface area contributed by atoms with Crippen LogP contribution in [0.3, 0.4) is 0 Å². The summed E-state index contributed by atoms with van der Waals surface area (Å²) in [5, 5.41) is 8.61. The van der Waals surface area contributed by atoms with Crippen molar-refractivity contribution in [3.63, 3.8) is 0 Å². The molecule has 1 atom stereocenters. The number of carbonyl (C=O) groups excluding carboxylic acids is 2. The molecule has 0 aromatic heterocycles. The van der Waals surface area contributed by atoms with Crippen molar-refractivity contribution in [2.24, 2.45) is 0 Å². The average molecular weight is 202 g/mol. The van der Waals surface area contributed by atoms with Crippen molar-refractivity contribution in [2.75, 3.05) is 0 Å². The third-order valence-corrected chi connectivity index (χ3v) is 1.01. The van der Waals surface area contributed by atoms with Crippen LogP contribution in [0.4, 0.5) is 0 Å². The maximum absolute atomic E-state index is 10.6. The minimum Gasteiger partial charge on any atom is -1.00 e. The van der Waals surface area contributed by atoms with Gasteiger partial charge in [0.05, 0.1) is 0 Å². The molecule has 1 unspecified atom stereocenters. The predicted molar refractivity (Wildman–Crippen MR) is 45.7 cm³/mol. The van der Waals surface area contributed by atoms with Gasteiger partial charge in [0.25, 0.3) is 0 Å². The third-order valence-electron chi connectivity index (χ3n) is 1.01. The molecule has 0 aliphatic heterocycles. The molecule has 4 nitrogen and oxygen atoms in total. The molecule has 0 aromatic carbocycles. The molecule has 5 heteroatoms. The molecule has 0 bridgehead atoms. The maximum Gasteiger partial charge on any atom is 2.00 e. The standard InChI is InChI=1S/C7H12O4.Ca.2H/c1-3-4-6(9)11-7(10)5(2)8;;;/h5,8H,3-4H2,1-2H3;;;/q;+2;2*-1. The Morgan fingerprint density at radius 2 is 2.08 bits per heavy atom. The van der Waals surface area contributed by atoms with Gasteiger partial charge in [-0.25, -0.2) is 4.79 Å². The summed E-state index contributed by atoms with van der Waals surface area (Å²) < 4.78 is 4.22. The minimum absolute atomic E-state index is 0. The van der Waals surface area contributed by atoms with E-state index < -0.39 is 18.0 Å². The van der Waals surface area contributed by atoms with Gasteiger partial charge in [0.2, 0.25) is 0 Å². The van der Waals surface area contributed by atoms with Gasteiger partial charge in [0.15, 0.2) is 0 Å². The van der Waals surface area contributed by atoms with Gasteiger partial charge < -0.3 is 12.7 Å². The Morgan fingerprint density at radius 3 is 2.42 bits per heavy atom. The van der Waals surface area contributed by atoms with Gasteiger partial charge in [0.1, 0.15) is 6.10 Å². The van der Waals surface area contributed by atoms with E-state index in [1.165, 1.54) is 6.92 Å². The second-order valence-electron chi connectivity index (χ2n) is 2.22. The van der Waals surface area contributed by atoms with Crippen LogP contribution < -0.4 is 0 Å². The van der Waals surface area contributed by atoms with Crippen molar-refractivity contribution in [3.05, 3.63) is 0 Å². The number of esters is 2. The number of hydrogen-bond acceptors (Lipinski definition) is 4. The average Bonchev–Trinajstić information content (AvgIpc) is 1.87. The molecule has 0 fully saturated rings. The van der Waals surface area contributed by atoms with E-state index in [4.69, 9.17) is 5.11 Å². The van der Waals surface area contributed by atoms with Gasteiger partial charge in [-0.1, -0.05) is 6.92 Å². The number of carbonyl (C=O) groups is 2. The van der Waals surface area contributed by atoms with Crippen LogP contribution in [0.15, 0.2) is 0 Å². The third kappa shape index (κ3) is 7.03. The van der Waals surface area contributed by atoms with E-state index in [0.29, 0.717) is 6.42 Å². The molecule has 0 aromatic rings. The van der Waals surface area contributed by atoms with E-state index in [1.54, 1.807) is 6.92 Å². The number of aliphatic hydroxyl groups excluding tert-OH is 1. The van der Waals surface area contributed by atoms with Crippen LogP contribution in [0.2, 0.25) is 0 Å². The molecule has 0 rings (SSSR count). The minimum atomic E-state index is -1.23. The zero-order valence-electron chi connectivity index (χ0n) is 9.37. The fraction of sp³-hybridized carbons (Fsp3) is 0.714. The summed E-state index contributed by atoms with van der Waals surface area (Å²) in [7, 11) is 0. The first-order valence-electron chi connectivity index (χ1n) is 3.50. The van der Waals surface area contributed by atoms with Crippen LogP contribution in [0.25, 0.3) is 0 Å². The van der Waals surface area contributed by atoms with Crippen molar-refractivity contribution in [1.29, 1.82) is 0 Å². The van der Waals surface area contributed by atoms with Crippen molar-refractivity contribution >= 4 is 49.7 Å². The van der Waals surface area contributed by atoms with Crippen molar-refractivity contribution < 1.29 is 22.3 Å². The van der Waals surface area contributed by atoms with Gasteiger partial charge in [-0.15, -0.1) is 0 Å². The summed E-state index contributed by atoms with van der Waals surface area (Å²) in [5.41, 5.74) is 0. The van der Waals surface area contributed by atoms with Crippen LogP contribution in [-0.4, -0.2) is 60.9 Å². The Bertz CT molecular complexity index is 164. The van der Waals surface area contributed by atoms with Crippen molar-refractivity contribution in [2.45, 2.75) is 32.8 Å². The Morgan fingerprint density at radius 1 is 1.58 bits per heavy atom. The topological polar surface area (TPSA) is 63.6 Å². The number of rotatable bonds is 3. The molecule has 12 heavy (non-hydrogen) atoms. The Hall–Kier alpha value is 0.360. The largest absolute Gasteiger partial charge is 2.00 e. The quantitative estimate of drug-likeness (QED) is 0.400. The van der Waals surface area contributed by atoms with E-state index >= 15 is 0 Å². The summed E-state index contributed by atoms with van der Waals surface area (Å²) in [5.74, 6) is -1.47. The fourth-order valence-electron chi connectivity index (χ4n) is 0.453. The summed E-state index contributed by atoms with van der Waals surface area (Å²) in [6, 6.07) is 0. The molecule has 0 amide bonds.